The van der Waals surface area contributed by atoms with Gasteiger partial charge in [-0.15, -0.1) is 24.4 Å². The van der Waals surface area contributed by atoms with Crippen LogP contribution in [-0.4, -0.2) is 11.3 Å². The highest BCUT2D eigenvalue weighted by Crippen LogP contribution is 2.10. The number of hydrogen-bond acceptors (Lipinski definition) is 3. The molecule has 1 N–H and O–H groups in total. The van der Waals surface area contributed by atoms with Gasteiger partial charge in [0, 0.05) is 4.91 Å². The molecule has 0 saturated carbocycles. The third kappa shape index (κ3) is 3.43. The third-order valence-electron chi connectivity index (χ3n) is 0.712. The van der Waals surface area contributed by atoms with Crippen LogP contribution in [0, 0.1) is 5.41 Å². The Bertz CT molecular complexity index is 149. The lowest BCUT2D eigenvalue weighted by Crippen LogP contribution is -1.85. The van der Waals surface area contributed by atoms with Crippen molar-refractivity contribution in [3.05, 3.63) is 23.6 Å². The largest absolute Gasteiger partial charge is 0.293 e. The average molecular weight is 159 g/mol. The van der Waals surface area contributed by atoms with Crippen LogP contribution in [0.4, 0.5) is 0 Å². The van der Waals surface area contributed by atoms with Crippen LogP contribution < -0.4 is 0 Å². The molecule has 0 aliphatic carbocycles. The Morgan fingerprint density at radius 2 is 2.33 bits per heavy atom. The van der Waals surface area contributed by atoms with Crippen LogP contribution in [0.25, 0.3) is 0 Å². The summed E-state index contributed by atoms with van der Waals surface area (Å²) in [5.74, 6) is 0. The molecule has 0 spiro atoms. The second kappa shape index (κ2) is 4.70. The molecule has 0 rings (SSSR count). The van der Waals surface area contributed by atoms with Gasteiger partial charge in [-0.2, -0.15) is 0 Å². The molecule has 0 aromatic heterocycles. The Hall–Kier alpha value is -0.150. The summed E-state index contributed by atoms with van der Waals surface area (Å²) >= 11 is 5.39. The normalized spacial score (nSPS) is 11.1. The van der Waals surface area contributed by atoms with E-state index >= 15 is 0 Å². The molecule has 9 heavy (non-hydrogen) atoms. The van der Waals surface area contributed by atoms with Crippen LogP contribution in [0.1, 0.15) is 0 Å². The molecular formula is C6H9NS2. The highest BCUT2D eigenvalue weighted by Gasteiger charge is 1.93. The van der Waals surface area contributed by atoms with Crippen LogP contribution in [0.5, 0.6) is 0 Å². The van der Waals surface area contributed by atoms with Crippen molar-refractivity contribution >= 4 is 29.4 Å². The molecule has 1 nitrogen and oxygen atoms in total. The van der Waals surface area contributed by atoms with Gasteiger partial charge in [0.2, 0.25) is 0 Å². The third-order valence-corrected chi connectivity index (χ3v) is 1.86. The zero-order valence-electron chi connectivity index (χ0n) is 5.22. The number of rotatable bonds is 2. The highest BCUT2D eigenvalue weighted by atomic mass is 32.2. The first kappa shape index (κ1) is 8.85. The van der Waals surface area contributed by atoms with Gasteiger partial charge in [-0.3, -0.25) is 5.41 Å². The summed E-state index contributed by atoms with van der Waals surface area (Å²) < 4.78 is 0. The Labute approximate surface area is 65.1 Å². The van der Waals surface area contributed by atoms with Gasteiger partial charge in [0.1, 0.15) is 5.04 Å². The van der Waals surface area contributed by atoms with E-state index in [4.69, 9.17) is 5.41 Å². The molecule has 0 fully saturated rings. The fourth-order valence-electron chi connectivity index (χ4n) is 0.292. The molecule has 0 saturated heterocycles. The number of thioether (sulfide) groups is 1. The van der Waals surface area contributed by atoms with Crippen LogP contribution in [0.3, 0.4) is 0 Å². The minimum atomic E-state index is 0.471. The smallest absolute Gasteiger partial charge is 0.100 e. The van der Waals surface area contributed by atoms with Crippen molar-refractivity contribution < 1.29 is 0 Å². The van der Waals surface area contributed by atoms with Gasteiger partial charge in [-0.05, 0) is 12.3 Å². The van der Waals surface area contributed by atoms with Crippen molar-refractivity contribution in [3.8, 4) is 0 Å². The van der Waals surface area contributed by atoms with E-state index in [1.807, 2.05) is 6.26 Å². The Morgan fingerprint density at radius 3 is 2.67 bits per heavy atom. The lowest BCUT2D eigenvalue weighted by molar-refractivity contribution is 1.56. The van der Waals surface area contributed by atoms with Gasteiger partial charge in [-0.25, -0.2) is 0 Å². The SMILES string of the molecule is C=C/C=C(\S)C(=N)SC. The molecule has 0 aliphatic rings. The van der Waals surface area contributed by atoms with Crippen molar-refractivity contribution in [1.82, 2.24) is 0 Å². The van der Waals surface area contributed by atoms with Crippen LogP contribution in [0.2, 0.25) is 0 Å². The summed E-state index contributed by atoms with van der Waals surface area (Å²) in [6, 6.07) is 0. The molecule has 0 heterocycles. The van der Waals surface area contributed by atoms with E-state index in [0.717, 1.165) is 0 Å². The minimum absolute atomic E-state index is 0.471. The van der Waals surface area contributed by atoms with Gasteiger partial charge >= 0.3 is 0 Å². The number of nitrogens with one attached hydrogen (secondary N) is 1. The van der Waals surface area contributed by atoms with E-state index in [0.29, 0.717) is 9.95 Å². The van der Waals surface area contributed by atoms with E-state index in [1.165, 1.54) is 11.8 Å². The predicted octanol–water partition coefficient (Wildman–Crippen LogP) is 2.33. The summed E-state index contributed by atoms with van der Waals surface area (Å²) in [5.41, 5.74) is 0. The number of hydrogen-bond donors (Lipinski definition) is 2. The van der Waals surface area contributed by atoms with Gasteiger partial charge in [0.25, 0.3) is 0 Å². The molecule has 0 aliphatic heterocycles. The molecule has 0 radical (unpaired) electrons. The highest BCUT2D eigenvalue weighted by molar-refractivity contribution is 8.15. The number of thiol groups is 1. The summed E-state index contributed by atoms with van der Waals surface area (Å²) in [7, 11) is 0. The molecule has 0 unspecified atom stereocenters. The molecule has 0 aromatic carbocycles. The zero-order chi connectivity index (χ0) is 7.28. The maximum atomic E-state index is 7.22. The zero-order valence-corrected chi connectivity index (χ0v) is 6.93. The summed E-state index contributed by atoms with van der Waals surface area (Å²) in [5, 5.41) is 7.69. The quantitative estimate of drug-likeness (QED) is 0.275. The predicted molar refractivity (Wildman–Crippen MR) is 48.5 cm³/mol. The Kier molecular flexibility index (Phi) is 4.62. The topological polar surface area (TPSA) is 23.9 Å². The fraction of sp³-hybridized carbons (Fsp3) is 0.167. The molecule has 0 bridgehead atoms. The Balaban J connectivity index is 4.01. The van der Waals surface area contributed by atoms with Crippen LogP contribution in [-0.2, 0) is 0 Å². The minimum Gasteiger partial charge on any atom is -0.293 e. The van der Waals surface area contributed by atoms with Crippen LogP contribution in [0.15, 0.2) is 23.6 Å². The standard InChI is InChI=1S/C6H9NS2/c1-3-4-5(8)6(7)9-2/h3-4,7-8H,1H2,2H3/b5-4-,7-6?. The Morgan fingerprint density at radius 1 is 1.78 bits per heavy atom. The summed E-state index contributed by atoms with van der Waals surface area (Å²) in [6.07, 6.45) is 5.16. The monoisotopic (exact) mass is 159 g/mol. The molecular weight excluding hydrogens is 150 g/mol. The first-order valence-corrected chi connectivity index (χ1v) is 4.04. The van der Waals surface area contributed by atoms with E-state index in [9.17, 15) is 0 Å². The first-order valence-electron chi connectivity index (χ1n) is 2.37. The van der Waals surface area contributed by atoms with Gasteiger partial charge in [-0.1, -0.05) is 12.7 Å². The van der Waals surface area contributed by atoms with Crippen LogP contribution >= 0.6 is 24.4 Å². The van der Waals surface area contributed by atoms with Crippen molar-refractivity contribution in [2.45, 2.75) is 0 Å². The second-order valence-electron chi connectivity index (χ2n) is 1.32. The molecule has 0 aromatic rings. The molecule has 3 heteroatoms. The van der Waals surface area contributed by atoms with Gasteiger partial charge in [0.05, 0.1) is 0 Å². The maximum absolute atomic E-state index is 7.22. The lowest BCUT2D eigenvalue weighted by atomic mass is 10.5. The van der Waals surface area contributed by atoms with Crippen molar-refractivity contribution in [2.75, 3.05) is 6.26 Å². The lowest BCUT2D eigenvalue weighted by Gasteiger charge is -1.94. The van der Waals surface area contributed by atoms with Crippen molar-refractivity contribution in [1.29, 1.82) is 5.41 Å². The first-order chi connectivity index (χ1) is 4.22. The molecule has 0 atom stereocenters. The number of allylic oxidation sites excluding steroid dienone is 2. The van der Waals surface area contributed by atoms with Crippen molar-refractivity contribution in [2.24, 2.45) is 0 Å². The van der Waals surface area contributed by atoms with Gasteiger partial charge < -0.3 is 0 Å². The molecule has 50 valence electrons. The van der Waals surface area contributed by atoms with Gasteiger partial charge in [0.15, 0.2) is 0 Å². The van der Waals surface area contributed by atoms with E-state index in [-0.39, 0.29) is 0 Å². The second-order valence-corrected chi connectivity index (χ2v) is 2.62. The van der Waals surface area contributed by atoms with E-state index in [1.54, 1.807) is 12.2 Å². The van der Waals surface area contributed by atoms with Crippen molar-refractivity contribution in [3.63, 3.8) is 0 Å². The average Bonchev–Trinajstić information content (AvgIpc) is 1.87. The summed E-state index contributed by atoms with van der Waals surface area (Å²) in [6.45, 7) is 3.49. The molecule has 0 amide bonds. The van der Waals surface area contributed by atoms with E-state index < -0.39 is 0 Å². The maximum Gasteiger partial charge on any atom is 0.100 e. The summed E-state index contributed by atoms with van der Waals surface area (Å²) in [4.78, 5) is 0.664. The fourth-order valence-corrected chi connectivity index (χ4v) is 0.948. The van der Waals surface area contributed by atoms with E-state index in [2.05, 4.69) is 19.2 Å².